The first-order chi connectivity index (χ1) is 16.6. The van der Waals surface area contributed by atoms with Gasteiger partial charge in [0.15, 0.2) is 0 Å². The third-order valence-electron chi connectivity index (χ3n) is 6.45. The summed E-state index contributed by atoms with van der Waals surface area (Å²) < 4.78 is 3.80. The smallest absolute Gasteiger partial charge is 0.317 e. The Hall–Kier alpha value is -3.69. The van der Waals surface area contributed by atoms with E-state index in [1.165, 1.54) is 0 Å². The minimum absolute atomic E-state index is 0.0274. The molecule has 180 valence electrons. The van der Waals surface area contributed by atoms with Crippen molar-refractivity contribution in [1.82, 2.24) is 34.6 Å². The highest BCUT2D eigenvalue weighted by molar-refractivity contribution is 6.11. The summed E-state index contributed by atoms with van der Waals surface area (Å²) in [5, 5.41) is 11.7. The maximum atomic E-state index is 11.9. The number of carbonyl (C=O) groups is 1. The van der Waals surface area contributed by atoms with Crippen LogP contribution >= 0.6 is 0 Å². The summed E-state index contributed by atoms with van der Waals surface area (Å²) in [6.07, 6.45) is 14.5. The number of aromatic nitrogens is 5. The minimum atomic E-state index is -0.0274. The van der Waals surface area contributed by atoms with Gasteiger partial charge in [-0.25, -0.2) is 14.3 Å². The fourth-order valence-electron chi connectivity index (χ4n) is 4.31. The molecule has 10 nitrogen and oxygen atoms in total. The highest BCUT2D eigenvalue weighted by Gasteiger charge is 2.24. The van der Waals surface area contributed by atoms with Crippen LogP contribution in [-0.4, -0.2) is 67.7 Å². The van der Waals surface area contributed by atoms with E-state index in [0.717, 1.165) is 53.7 Å². The van der Waals surface area contributed by atoms with E-state index in [4.69, 9.17) is 15.7 Å². The quantitative estimate of drug-likeness (QED) is 0.522. The van der Waals surface area contributed by atoms with Gasteiger partial charge in [-0.3, -0.25) is 9.67 Å². The van der Waals surface area contributed by atoms with Gasteiger partial charge in [0.25, 0.3) is 0 Å². The summed E-state index contributed by atoms with van der Waals surface area (Å²) >= 11 is 0. The number of nitrogens with two attached hydrogens (primary N) is 1. The average molecular weight is 464 g/mol. The van der Waals surface area contributed by atoms with E-state index in [9.17, 15) is 4.79 Å². The fourth-order valence-corrected chi connectivity index (χ4v) is 4.31. The number of carbonyl (C=O) groups excluding carboxylic acids is 1. The Labute approximate surface area is 199 Å². The Morgan fingerprint density at radius 2 is 2.03 bits per heavy atom. The van der Waals surface area contributed by atoms with Gasteiger partial charge in [0, 0.05) is 55.9 Å². The lowest BCUT2D eigenvalue weighted by atomic mass is 10.1. The lowest BCUT2D eigenvalue weighted by molar-refractivity contribution is 0.170. The first kappa shape index (κ1) is 23.5. The largest absolute Gasteiger partial charge is 0.404 e. The summed E-state index contributed by atoms with van der Waals surface area (Å²) in [6, 6.07) is 2.39. The fraction of sp³-hybridized carbons (Fsp3) is 0.458. The lowest BCUT2D eigenvalue weighted by Crippen LogP contribution is -2.43. The van der Waals surface area contributed by atoms with Crippen molar-refractivity contribution in [2.45, 2.75) is 51.6 Å². The van der Waals surface area contributed by atoms with Gasteiger partial charge in [-0.15, -0.1) is 0 Å². The van der Waals surface area contributed by atoms with Gasteiger partial charge in [-0.2, -0.15) is 10.2 Å². The van der Waals surface area contributed by atoms with E-state index in [-0.39, 0.29) is 18.1 Å². The number of amides is 2. The molecule has 0 radical (unpaired) electrons. The Morgan fingerprint density at radius 1 is 1.26 bits per heavy atom. The normalized spacial score (nSPS) is 15.6. The molecule has 0 aromatic carbocycles. The molecular formula is C24H33N9O. The van der Waals surface area contributed by atoms with Crippen LogP contribution in [0.5, 0.6) is 0 Å². The highest BCUT2D eigenvalue weighted by atomic mass is 16.2. The number of allylic oxidation sites excluding steroid dienone is 1. The molecule has 0 bridgehead atoms. The molecule has 1 aliphatic heterocycles. The van der Waals surface area contributed by atoms with Crippen molar-refractivity contribution in [3.63, 3.8) is 0 Å². The van der Waals surface area contributed by atoms with Gasteiger partial charge in [0.1, 0.15) is 0 Å². The van der Waals surface area contributed by atoms with Gasteiger partial charge in [0.05, 0.1) is 41.5 Å². The molecule has 0 saturated carbocycles. The molecule has 4 heterocycles. The summed E-state index contributed by atoms with van der Waals surface area (Å²) in [5.74, 6) is 0. The van der Waals surface area contributed by atoms with Gasteiger partial charge in [0.2, 0.25) is 0 Å². The molecule has 1 fully saturated rings. The van der Waals surface area contributed by atoms with Crippen LogP contribution in [0.1, 0.15) is 51.3 Å². The second kappa shape index (κ2) is 10.5. The zero-order valence-corrected chi connectivity index (χ0v) is 20.1. The molecule has 0 atom stereocenters. The maximum Gasteiger partial charge on any atom is 0.317 e. The number of nitrogens with one attached hydrogen (secondary N) is 1. The number of rotatable bonds is 7. The topological polar surface area (TPSA) is 119 Å². The number of aliphatic imine (C=N–C) groups is 1. The molecule has 3 N–H and O–H groups in total. The van der Waals surface area contributed by atoms with Crippen LogP contribution in [0.15, 0.2) is 42.0 Å². The number of likely N-dealkylation sites (tertiary alicyclic amines) is 1. The second-order valence-corrected chi connectivity index (χ2v) is 8.49. The van der Waals surface area contributed by atoms with Crippen LogP contribution in [0.25, 0.3) is 22.3 Å². The SMILES string of the molecule is CCC(CC)N=CC(=CN)c1nc(-c2cnn(C3CCN(C(=O)NC)CC3)c2)cn2nccc12. The molecule has 34 heavy (non-hydrogen) atoms. The maximum absolute atomic E-state index is 11.9. The highest BCUT2D eigenvalue weighted by Crippen LogP contribution is 2.27. The Bertz CT molecular complexity index is 1180. The average Bonchev–Trinajstić information content (AvgIpc) is 3.56. The predicted molar refractivity (Wildman–Crippen MR) is 134 cm³/mol. The van der Waals surface area contributed by atoms with Gasteiger partial charge < -0.3 is 16.0 Å². The molecule has 0 aliphatic carbocycles. The van der Waals surface area contributed by atoms with E-state index in [1.807, 2.05) is 45.0 Å². The van der Waals surface area contributed by atoms with E-state index in [1.54, 1.807) is 19.4 Å². The molecule has 4 rings (SSSR count). The standard InChI is InChI=1S/C24H33N9O/c1-4-19(5-2)27-13-17(12-25)23-22-6-9-28-33(22)16-21(30-23)18-14-29-32(15-18)20-7-10-31(11-8-20)24(34)26-3/h6,9,12-16,19-20H,4-5,7-8,10-11,25H2,1-3H3,(H,26,34). The summed E-state index contributed by atoms with van der Waals surface area (Å²) in [7, 11) is 1.66. The number of nitrogens with zero attached hydrogens (tertiary/aromatic N) is 7. The van der Waals surface area contributed by atoms with Crippen LogP contribution in [-0.2, 0) is 0 Å². The third kappa shape index (κ3) is 4.80. The van der Waals surface area contributed by atoms with Gasteiger partial charge in [-0.05, 0) is 31.7 Å². The zero-order valence-electron chi connectivity index (χ0n) is 20.1. The van der Waals surface area contributed by atoms with Crippen LogP contribution < -0.4 is 11.1 Å². The van der Waals surface area contributed by atoms with E-state index in [0.29, 0.717) is 13.1 Å². The number of hydrogen-bond donors (Lipinski definition) is 2. The second-order valence-electron chi connectivity index (χ2n) is 8.49. The summed E-state index contributed by atoms with van der Waals surface area (Å²) in [4.78, 5) is 23.3. The van der Waals surface area contributed by atoms with Crippen LogP contribution in [0.4, 0.5) is 4.79 Å². The Morgan fingerprint density at radius 3 is 2.71 bits per heavy atom. The van der Waals surface area contributed by atoms with Crippen molar-refractivity contribution in [2.24, 2.45) is 10.7 Å². The number of piperidine rings is 1. The Balaban J connectivity index is 1.60. The molecule has 1 aliphatic rings. The van der Waals surface area contributed by atoms with Crippen molar-refractivity contribution in [3.05, 3.63) is 42.7 Å². The zero-order chi connectivity index (χ0) is 24.1. The van der Waals surface area contributed by atoms with E-state index in [2.05, 4.69) is 29.4 Å². The van der Waals surface area contributed by atoms with Crippen molar-refractivity contribution in [2.75, 3.05) is 20.1 Å². The van der Waals surface area contributed by atoms with Gasteiger partial charge >= 0.3 is 6.03 Å². The first-order valence-electron chi connectivity index (χ1n) is 11.9. The Kier molecular flexibility index (Phi) is 7.24. The molecule has 3 aromatic rings. The number of fused-ring (bicyclic) bond motifs is 1. The van der Waals surface area contributed by atoms with Crippen molar-refractivity contribution in [3.8, 4) is 11.3 Å². The summed E-state index contributed by atoms with van der Waals surface area (Å²) in [6.45, 7) is 5.68. The molecule has 0 unspecified atom stereocenters. The first-order valence-corrected chi connectivity index (χ1v) is 11.9. The molecule has 0 spiro atoms. The molecular weight excluding hydrogens is 430 g/mol. The van der Waals surface area contributed by atoms with Crippen molar-refractivity contribution < 1.29 is 4.79 Å². The van der Waals surface area contributed by atoms with Crippen molar-refractivity contribution in [1.29, 1.82) is 0 Å². The third-order valence-corrected chi connectivity index (χ3v) is 6.45. The predicted octanol–water partition coefficient (Wildman–Crippen LogP) is 3.13. The molecule has 10 heteroatoms. The number of urea groups is 1. The van der Waals surface area contributed by atoms with E-state index >= 15 is 0 Å². The lowest BCUT2D eigenvalue weighted by Gasteiger charge is -2.31. The van der Waals surface area contributed by atoms with Crippen LogP contribution in [0, 0.1) is 0 Å². The molecule has 1 saturated heterocycles. The molecule has 3 aromatic heterocycles. The van der Waals surface area contributed by atoms with Gasteiger partial charge in [-0.1, -0.05) is 13.8 Å². The van der Waals surface area contributed by atoms with Crippen LogP contribution in [0.3, 0.4) is 0 Å². The van der Waals surface area contributed by atoms with Crippen molar-refractivity contribution >= 4 is 23.3 Å². The van der Waals surface area contributed by atoms with E-state index < -0.39 is 0 Å². The summed E-state index contributed by atoms with van der Waals surface area (Å²) in [5.41, 5.74) is 10.0. The minimum Gasteiger partial charge on any atom is -0.404 e. The molecule has 2 amide bonds. The van der Waals surface area contributed by atoms with Crippen LogP contribution in [0.2, 0.25) is 0 Å². The monoisotopic (exact) mass is 463 g/mol. The number of hydrogen-bond acceptors (Lipinski definition) is 6.